The van der Waals surface area contributed by atoms with E-state index in [1.165, 1.54) is 0 Å². The third-order valence-electron chi connectivity index (χ3n) is 5.53. The molecule has 30 heavy (non-hydrogen) atoms. The van der Waals surface area contributed by atoms with E-state index in [0.29, 0.717) is 35.8 Å². The molecule has 6 heteroatoms. The van der Waals surface area contributed by atoms with Crippen LogP contribution in [-0.2, 0) is 17.6 Å². The van der Waals surface area contributed by atoms with Crippen LogP contribution in [0.5, 0.6) is 11.5 Å². The summed E-state index contributed by atoms with van der Waals surface area (Å²) in [7, 11) is 0. The summed E-state index contributed by atoms with van der Waals surface area (Å²) in [5, 5.41) is 0.770. The van der Waals surface area contributed by atoms with E-state index in [2.05, 4.69) is 4.98 Å². The lowest BCUT2D eigenvalue weighted by molar-refractivity contribution is 0.0475. The molecule has 0 spiro atoms. The largest absolute Gasteiger partial charge is 0.490 e. The molecular formula is C24H21NO5. The van der Waals surface area contributed by atoms with Gasteiger partial charge in [0.1, 0.15) is 0 Å². The number of nitrogens with zero attached hydrogens (tertiary/aromatic N) is 1. The molecule has 0 radical (unpaired) electrons. The highest BCUT2D eigenvalue weighted by molar-refractivity contribution is 6.06. The first kappa shape index (κ1) is 18.6. The van der Waals surface area contributed by atoms with E-state index in [-0.39, 0.29) is 12.4 Å². The van der Waals surface area contributed by atoms with Crippen LogP contribution in [0.15, 0.2) is 42.5 Å². The van der Waals surface area contributed by atoms with Gasteiger partial charge >= 0.3 is 5.97 Å². The Morgan fingerprint density at radius 1 is 0.967 bits per heavy atom. The van der Waals surface area contributed by atoms with Gasteiger partial charge < -0.3 is 14.2 Å². The number of ketones is 1. The van der Waals surface area contributed by atoms with E-state index in [4.69, 9.17) is 14.2 Å². The molecule has 6 nitrogen and oxygen atoms in total. The summed E-state index contributed by atoms with van der Waals surface area (Å²) in [6.07, 6.45) is 3.42. The van der Waals surface area contributed by atoms with Gasteiger partial charge in [0.15, 0.2) is 23.9 Å². The number of carbonyl (C=O) groups excluding carboxylic acids is 2. The van der Waals surface area contributed by atoms with Crippen LogP contribution in [0, 0.1) is 0 Å². The van der Waals surface area contributed by atoms with Gasteiger partial charge in [-0.05, 0) is 49.1 Å². The Labute approximate surface area is 173 Å². The average molecular weight is 403 g/mol. The summed E-state index contributed by atoms with van der Waals surface area (Å²) in [6.45, 7) is 0.797. The average Bonchev–Trinajstić information content (AvgIpc) is 3.10. The van der Waals surface area contributed by atoms with Crippen molar-refractivity contribution in [2.75, 3.05) is 19.8 Å². The number of esters is 1. The summed E-state index contributed by atoms with van der Waals surface area (Å²) in [5.41, 5.74) is 3.65. The molecule has 0 fully saturated rings. The zero-order valence-corrected chi connectivity index (χ0v) is 16.5. The van der Waals surface area contributed by atoms with E-state index >= 15 is 0 Å². The quantitative estimate of drug-likeness (QED) is 0.485. The first-order chi connectivity index (χ1) is 14.7. The van der Waals surface area contributed by atoms with Crippen molar-refractivity contribution >= 4 is 22.7 Å². The van der Waals surface area contributed by atoms with Crippen LogP contribution < -0.4 is 9.47 Å². The topological polar surface area (TPSA) is 74.7 Å². The second-order valence-electron chi connectivity index (χ2n) is 7.49. The molecule has 2 heterocycles. The van der Waals surface area contributed by atoms with Crippen LogP contribution in [0.25, 0.3) is 10.9 Å². The first-order valence-electron chi connectivity index (χ1n) is 10.2. The Morgan fingerprint density at radius 2 is 1.80 bits per heavy atom. The molecule has 2 aliphatic rings. The minimum atomic E-state index is -0.477. The van der Waals surface area contributed by atoms with Gasteiger partial charge in [0, 0.05) is 23.1 Å². The second kappa shape index (κ2) is 7.78. The lowest BCUT2D eigenvalue weighted by Gasteiger charge is -2.12. The van der Waals surface area contributed by atoms with Crippen LogP contribution in [0.4, 0.5) is 0 Å². The fourth-order valence-corrected chi connectivity index (χ4v) is 4.07. The fraction of sp³-hybridized carbons (Fsp3) is 0.292. The molecule has 0 N–H and O–H groups in total. The molecule has 0 bridgehead atoms. The van der Waals surface area contributed by atoms with Crippen molar-refractivity contribution in [3.8, 4) is 11.5 Å². The van der Waals surface area contributed by atoms with Gasteiger partial charge in [-0.3, -0.25) is 9.78 Å². The molecule has 0 saturated carbocycles. The highest BCUT2D eigenvalue weighted by atomic mass is 16.5. The first-order valence-corrected chi connectivity index (χ1v) is 10.2. The number of para-hydroxylation sites is 1. The molecule has 0 atom stereocenters. The maximum Gasteiger partial charge on any atom is 0.339 e. The number of aryl methyl sites for hydroxylation is 1. The maximum atomic E-state index is 13.0. The SMILES string of the molecule is O=C(COC(=O)c1c2c(nc3ccccc13)CCC2)c1ccc2c(c1)OCCCO2. The number of hydrogen-bond acceptors (Lipinski definition) is 6. The van der Waals surface area contributed by atoms with Gasteiger partial charge in [-0.25, -0.2) is 4.79 Å². The Hall–Kier alpha value is -3.41. The van der Waals surface area contributed by atoms with Gasteiger partial charge in [0.05, 0.1) is 24.3 Å². The van der Waals surface area contributed by atoms with E-state index in [1.54, 1.807) is 18.2 Å². The normalized spacial score (nSPS) is 14.8. The van der Waals surface area contributed by atoms with E-state index in [9.17, 15) is 9.59 Å². The molecule has 1 aliphatic carbocycles. The standard InChI is InChI=1S/C24H21NO5/c26-20(15-9-10-21-22(13-15)29-12-4-11-28-21)14-30-24(27)23-16-5-1-2-7-18(16)25-19-8-3-6-17(19)23/h1-2,5,7,9-10,13H,3-4,6,8,11-12,14H2. The summed E-state index contributed by atoms with van der Waals surface area (Å²) < 4.78 is 16.7. The third-order valence-corrected chi connectivity index (χ3v) is 5.53. The molecule has 1 aromatic heterocycles. The van der Waals surface area contributed by atoms with Crippen LogP contribution in [0.3, 0.4) is 0 Å². The Balaban J connectivity index is 1.37. The number of Topliss-reactive ketones (excluding diaryl/α,β-unsaturated/α-hetero) is 1. The van der Waals surface area contributed by atoms with Crippen molar-refractivity contribution in [1.82, 2.24) is 4.98 Å². The number of hydrogen-bond donors (Lipinski definition) is 0. The molecule has 152 valence electrons. The van der Waals surface area contributed by atoms with Crippen molar-refractivity contribution in [3.05, 3.63) is 64.8 Å². The Kier molecular flexibility index (Phi) is 4.83. The summed E-state index contributed by atoms with van der Waals surface area (Å²) in [6, 6.07) is 12.6. The summed E-state index contributed by atoms with van der Waals surface area (Å²) >= 11 is 0. The summed E-state index contributed by atoms with van der Waals surface area (Å²) in [4.78, 5) is 30.3. The second-order valence-corrected chi connectivity index (χ2v) is 7.49. The monoisotopic (exact) mass is 403 g/mol. The molecule has 5 rings (SSSR count). The lowest BCUT2D eigenvalue weighted by atomic mass is 10.0. The van der Waals surface area contributed by atoms with Gasteiger partial charge in [-0.15, -0.1) is 0 Å². The van der Waals surface area contributed by atoms with Gasteiger partial charge in [0.25, 0.3) is 0 Å². The molecule has 1 aliphatic heterocycles. The minimum Gasteiger partial charge on any atom is -0.490 e. The summed E-state index contributed by atoms with van der Waals surface area (Å²) in [5.74, 6) is 0.408. The smallest absolute Gasteiger partial charge is 0.339 e. The van der Waals surface area contributed by atoms with Gasteiger partial charge in [-0.2, -0.15) is 0 Å². The zero-order valence-electron chi connectivity index (χ0n) is 16.5. The number of fused-ring (bicyclic) bond motifs is 3. The number of aromatic nitrogens is 1. The lowest BCUT2D eigenvalue weighted by Crippen LogP contribution is -2.16. The number of ether oxygens (including phenoxy) is 3. The molecule has 0 amide bonds. The zero-order chi connectivity index (χ0) is 20.5. The van der Waals surface area contributed by atoms with E-state index < -0.39 is 5.97 Å². The molecular weight excluding hydrogens is 382 g/mol. The van der Waals surface area contributed by atoms with E-state index in [1.807, 2.05) is 24.3 Å². The van der Waals surface area contributed by atoms with Gasteiger partial charge in [0.2, 0.25) is 0 Å². The van der Waals surface area contributed by atoms with Crippen molar-refractivity contribution in [3.63, 3.8) is 0 Å². The minimum absolute atomic E-state index is 0.283. The third kappa shape index (κ3) is 3.38. The number of rotatable bonds is 4. The van der Waals surface area contributed by atoms with Crippen molar-refractivity contribution < 1.29 is 23.8 Å². The number of benzene rings is 2. The molecule has 0 unspecified atom stereocenters. The number of pyridine rings is 1. The molecule has 0 saturated heterocycles. The molecule has 2 aromatic carbocycles. The van der Waals surface area contributed by atoms with Crippen molar-refractivity contribution in [2.24, 2.45) is 0 Å². The Morgan fingerprint density at radius 3 is 2.70 bits per heavy atom. The highest BCUT2D eigenvalue weighted by Gasteiger charge is 2.25. The van der Waals surface area contributed by atoms with Gasteiger partial charge in [-0.1, -0.05) is 18.2 Å². The van der Waals surface area contributed by atoms with E-state index in [0.717, 1.165) is 47.8 Å². The van der Waals surface area contributed by atoms with Crippen LogP contribution in [0.2, 0.25) is 0 Å². The number of carbonyl (C=O) groups is 2. The predicted octanol–water partition coefficient (Wildman–Crippen LogP) is 3.92. The van der Waals surface area contributed by atoms with Crippen LogP contribution in [-0.4, -0.2) is 36.6 Å². The Bertz CT molecular complexity index is 1150. The maximum absolute atomic E-state index is 13.0. The van der Waals surface area contributed by atoms with Crippen molar-refractivity contribution in [1.29, 1.82) is 0 Å². The highest BCUT2D eigenvalue weighted by Crippen LogP contribution is 2.32. The predicted molar refractivity (Wildman–Crippen MR) is 110 cm³/mol. The van der Waals surface area contributed by atoms with Crippen molar-refractivity contribution in [2.45, 2.75) is 25.7 Å². The molecule has 3 aromatic rings. The van der Waals surface area contributed by atoms with Crippen LogP contribution in [0.1, 0.15) is 44.8 Å². The fourth-order valence-electron chi connectivity index (χ4n) is 4.07. The van der Waals surface area contributed by atoms with Crippen LogP contribution >= 0.6 is 0 Å².